The first kappa shape index (κ1) is 10.3. The van der Waals surface area contributed by atoms with Crippen LogP contribution in [0.25, 0.3) is 10.1 Å². The Morgan fingerprint density at radius 3 is 2.76 bits per heavy atom. The lowest BCUT2D eigenvalue weighted by atomic mass is 10.0. The molecule has 3 rings (SSSR count). The van der Waals surface area contributed by atoms with Crippen molar-refractivity contribution in [1.29, 1.82) is 0 Å². The molecule has 2 aromatic heterocycles. The van der Waals surface area contributed by atoms with Crippen LogP contribution in [0.15, 0.2) is 46.4 Å². The van der Waals surface area contributed by atoms with Crippen molar-refractivity contribution >= 4 is 27.2 Å². The van der Waals surface area contributed by atoms with Gasteiger partial charge in [0.1, 0.15) is 5.76 Å². The number of thiophene rings is 1. The van der Waals surface area contributed by atoms with Crippen molar-refractivity contribution in [3.8, 4) is 0 Å². The van der Waals surface area contributed by atoms with Gasteiger partial charge in [0.15, 0.2) is 5.78 Å². The van der Waals surface area contributed by atoms with Crippen LogP contribution in [-0.4, -0.2) is 5.78 Å². The van der Waals surface area contributed by atoms with Gasteiger partial charge in [-0.1, -0.05) is 18.2 Å². The molecule has 3 heteroatoms. The van der Waals surface area contributed by atoms with Gasteiger partial charge in [-0.3, -0.25) is 4.79 Å². The van der Waals surface area contributed by atoms with E-state index in [-0.39, 0.29) is 5.78 Å². The van der Waals surface area contributed by atoms with Crippen molar-refractivity contribution in [1.82, 2.24) is 0 Å². The number of hydrogen-bond donors (Lipinski definition) is 0. The summed E-state index contributed by atoms with van der Waals surface area (Å²) in [5, 5.41) is 2.93. The molecule has 2 nitrogen and oxygen atoms in total. The summed E-state index contributed by atoms with van der Waals surface area (Å²) in [6.45, 7) is 1.81. The highest BCUT2D eigenvalue weighted by Gasteiger charge is 2.17. The van der Waals surface area contributed by atoms with Crippen LogP contribution < -0.4 is 0 Å². The maximum Gasteiger partial charge on any atom is 0.197 e. The van der Waals surface area contributed by atoms with Gasteiger partial charge in [-0.25, -0.2) is 0 Å². The maximum absolute atomic E-state index is 12.4. The van der Waals surface area contributed by atoms with E-state index in [1.807, 2.05) is 36.6 Å². The van der Waals surface area contributed by atoms with E-state index in [1.54, 1.807) is 23.7 Å². The topological polar surface area (TPSA) is 30.2 Å². The number of fused-ring (bicyclic) bond motifs is 1. The number of carbonyl (C=O) groups is 1. The van der Waals surface area contributed by atoms with Gasteiger partial charge in [0.05, 0.1) is 11.8 Å². The van der Waals surface area contributed by atoms with Crippen LogP contribution >= 0.6 is 11.3 Å². The molecule has 0 atom stereocenters. The Bertz CT molecular complexity index is 691. The number of aryl methyl sites for hydroxylation is 1. The summed E-state index contributed by atoms with van der Waals surface area (Å²) in [4.78, 5) is 12.4. The van der Waals surface area contributed by atoms with Crippen molar-refractivity contribution < 1.29 is 9.21 Å². The van der Waals surface area contributed by atoms with Gasteiger partial charge in [0.25, 0.3) is 0 Å². The molecule has 3 aromatic rings. The van der Waals surface area contributed by atoms with Crippen LogP contribution in [0.1, 0.15) is 21.7 Å². The molecule has 0 spiro atoms. The van der Waals surface area contributed by atoms with Gasteiger partial charge in [0.2, 0.25) is 0 Å². The Hall–Kier alpha value is -1.87. The predicted molar refractivity (Wildman–Crippen MR) is 68.7 cm³/mol. The Kier molecular flexibility index (Phi) is 2.34. The summed E-state index contributed by atoms with van der Waals surface area (Å²) in [6, 6.07) is 9.67. The van der Waals surface area contributed by atoms with Gasteiger partial charge >= 0.3 is 0 Å². The molecular formula is C14H10O2S. The van der Waals surface area contributed by atoms with Gasteiger partial charge in [-0.15, -0.1) is 11.3 Å². The fraction of sp³-hybridized carbons (Fsp3) is 0.0714. The lowest BCUT2D eigenvalue weighted by molar-refractivity contribution is 0.103. The summed E-state index contributed by atoms with van der Waals surface area (Å²) in [6.07, 6.45) is 1.55. The van der Waals surface area contributed by atoms with E-state index in [0.29, 0.717) is 11.3 Å². The van der Waals surface area contributed by atoms with E-state index in [2.05, 4.69) is 0 Å². The quantitative estimate of drug-likeness (QED) is 0.635. The summed E-state index contributed by atoms with van der Waals surface area (Å²) < 4.78 is 6.31. The number of hydrogen-bond acceptors (Lipinski definition) is 3. The number of rotatable bonds is 2. The lowest BCUT2D eigenvalue weighted by Crippen LogP contribution is -2.00. The third-order valence-electron chi connectivity index (χ3n) is 2.83. The average molecular weight is 242 g/mol. The van der Waals surface area contributed by atoms with Crippen LogP contribution in [0.5, 0.6) is 0 Å². The molecule has 0 bridgehead atoms. The first-order valence-corrected chi connectivity index (χ1v) is 6.20. The molecule has 0 unspecified atom stereocenters. The number of carbonyl (C=O) groups excluding carboxylic acids is 1. The average Bonchev–Trinajstić information content (AvgIpc) is 2.94. The molecule has 0 N–H and O–H groups in total. The number of furan rings is 1. The minimum absolute atomic E-state index is 0.0358. The van der Waals surface area contributed by atoms with E-state index in [0.717, 1.165) is 15.6 Å². The van der Waals surface area contributed by atoms with Crippen LogP contribution in [-0.2, 0) is 0 Å². The molecule has 0 aliphatic heterocycles. The Balaban J connectivity index is 2.17. The Labute approximate surface area is 102 Å². The molecule has 0 aliphatic carbocycles. The molecule has 0 aliphatic rings. The molecule has 0 saturated carbocycles. The molecule has 17 heavy (non-hydrogen) atoms. The second-order valence-corrected chi connectivity index (χ2v) is 4.78. The highest BCUT2D eigenvalue weighted by molar-refractivity contribution is 7.17. The van der Waals surface area contributed by atoms with Crippen molar-refractivity contribution in [3.63, 3.8) is 0 Å². The second kappa shape index (κ2) is 3.86. The highest BCUT2D eigenvalue weighted by atomic mass is 32.1. The summed E-state index contributed by atoms with van der Waals surface area (Å²) >= 11 is 1.59. The van der Waals surface area contributed by atoms with Crippen LogP contribution in [0, 0.1) is 6.92 Å². The van der Waals surface area contributed by atoms with Crippen LogP contribution in [0.3, 0.4) is 0 Å². The molecule has 0 saturated heterocycles. The molecule has 1 aromatic carbocycles. The van der Waals surface area contributed by atoms with Gasteiger partial charge < -0.3 is 4.42 Å². The number of ketones is 1. The Morgan fingerprint density at radius 1 is 1.18 bits per heavy atom. The molecule has 0 radical (unpaired) electrons. The van der Waals surface area contributed by atoms with E-state index >= 15 is 0 Å². The SMILES string of the molecule is Cc1occc1C(=O)c1csc2ccccc12. The first-order chi connectivity index (χ1) is 8.27. The molecule has 2 heterocycles. The van der Waals surface area contributed by atoms with Gasteiger partial charge in [-0.2, -0.15) is 0 Å². The summed E-state index contributed by atoms with van der Waals surface area (Å²) in [5.41, 5.74) is 1.41. The van der Waals surface area contributed by atoms with E-state index < -0.39 is 0 Å². The fourth-order valence-corrected chi connectivity index (χ4v) is 2.86. The maximum atomic E-state index is 12.4. The third-order valence-corrected chi connectivity index (χ3v) is 3.79. The van der Waals surface area contributed by atoms with Crippen molar-refractivity contribution in [2.45, 2.75) is 6.92 Å². The normalized spacial score (nSPS) is 10.9. The zero-order chi connectivity index (χ0) is 11.8. The van der Waals surface area contributed by atoms with Crippen LogP contribution in [0.2, 0.25) is 0 Å². The Morgan fingerprint density at radius 2 is 2.00 bits per heavy atom. The lowest BCUT2D eigenvalue weighted by Gasteiger charge is -1.97. The van der Waals surface area contributed by atoms with Crippen molar-refractivity contribution in [2.75, 3.05) is 0 Å². The smallest absolute Gasteiger partial charge is 0.197 e. The summed E-state index contributed by atoms with van der Waals surface area (Å²) in [7, 11) is 0. The molecule has 0 fully saturated rings. The van der Waals surface area contributed by atoms with E-state index in [4.69, 9.17) is 4.42 Å². The standard InChI is InChI=1S/C14H10O2S/c1-9-10(6-7-16-9)14(15)12-8-17-13-5-3-2-4-11(12)13/h2-8H,1H3. The molecule has 84 valence electrons. The van der Waals surface area contributed by atoms with Crippen LogP contribution in [0.4, 0.5) is 0 Å². The van der Waals surface area contributed by atoms with Gasteiger partial charge in [-0.05, 0) is 19.1 Å². The molecule has 0 amide bonds. The second-order valence-electron chi connectivity index (χ2n) is 3.87. The van der Waals surface area contributed by atoms with Gasteiger partial charge in [0, 0.05) is 21.0 Å². The predicted octanol–water partition coefficient (Wildman–Crippen LogP) is 4.03. The largest absolute Gasteiger partial charge is 0.469 e. The zero-order valence-corrected chi connectivity index (χ0v) is 10.1. The minimum Gasteiger partial charge on any atom is -0.469 e. The fourth-order valence-electron chi connectivity index (χ4n) is 1.92. The van der Waals surface area contributed by atoms with E-state index in [1.165, 1.54) is 0 Å². The summed E-state index contributed by atoms with van der Waals surface area (Å²) in [5.74, 6) is 0.707. The highest BCUT2D eigenvalue weighted by Crippen LogP contribution is 2.28. The zero-order valence-electron chi connectivity index (χ0n) is 9.27. The van der Waals surface area contributed by atoms with Crippen molar-refractivity contribution in [2.24, 2.45) is 0 Å². The molecular weight excluding hydrogens is 232 g/mol. The van der Waals surface area contributed by atoms with E-state index in [9.17, 15) is 4.79 Å². The van der Waals surface area contributed by atoms with Crippen molar-refractivity contribution in [3.05, 3.63) is 58.9 Å². The third kappa shape index (κ3) is 1.59. The minimum atomic E-state index is 0.0358. The first-order valence-electron chi connectivity index (χ1n) is 5.32. The number of benzene rings is 1. The monoisotopic (exact) mass is 242 g/mol.